The Morgan fingerprint density at radius 3 is 1.91 bits per heavy atom. The third-order valence-electron chi connectivity index (χ3n) is 5.43. The Kier molecular flexibility index (Phi) is 6.13. The Morgan fingerprint density at radius 1 is 0.875 bits per heavy atom. The fraction of sp³-hybridized carbons (Fsp3) is 0.346. The highest BCUT2D eigenvalue weighted by molar-refractivity contribution is 7.89. The Bertz CT molecular complexity index is 1210. The van der Waals surface area contributed by atoms with Gasteiger partial charge < -0.3 is 5.11 Å². The van der Waals surface area contributed by atoms with Gasteiger partial charge in [-0.1, -0.05) is 71.9 Å². The number of aromatic nitrogens is 1. The summed E-state index contributed by atoms with van der Waals surface area (Å²) in [6.07, 6.45) is 2.77. The van der Waals surface area contributed by atoms with E-state index in [1.807, 2.05) is 47.6 Å². The molecule has 2 aromatic carbocycles. The highest BCUT2D eigenvalue weighted by Crippen LogP contribution is 2.40. The molecule has 0 unspecified atom stereocenters. The maximum atomic E-state index is 13.3. The van der Waals surface area contributed by atoms with Gasteiger partial charge in [-0.15, -0.1) is 0 Å². The third-order valence-corrected chi connectivity index (χ3v) is 7.00. The monoisotopic (exact) mass is 453 g/mol. The van der Waals surface area contributed by atoms with Crippen LogP contribution in [-0.4, -0.2) is 23.3 Å². The van der Waals surface area contributed by atoms with Crippen molar-refractivity contribution in [3.8, 4) is 5.75 Å². The Morgan fingerprint density at radius 2 is 1.41 bits per heavy atom. The highest BCUT2D eigenvalue weighted by Gasteiger charge is 2.28. The molecule has 32 heavy (non-hydrogen) atoms. The number of aromatic hydroxyl groups is 1. The van der Waals surface area contributed by atoms with Crippen molar-refractivity contribution in [3.63, 3.8) is 0 Å². The van der Waals surface area contributed by atoms with Gasteiger partial charge in [0.1, 0.15) is 5.75 Å². The molecule has 0 saturated carbocycles. The molecular weight excluding hydrogens is 422 g/mol. The fourth-order valence-corrected chi connectivity index (χ4v) is 4.90. The molecule has 6 heteroatoms. The Labute approximate surface area is 190 Å². The van der Waals surface area contributed by atoms with Crippen LogP contribution in [0.5, 0.6) is 5.75 Å². The summed E-state index contributed by atoms with van der Waals surface area (Å²) in [6.45, 7) is 11.9. The van der Waals surface area contributed by atoms with Crippen molar-refractivity contribution < 1.29 is 18.3 Å². The predicted octanol–water partition coefficient (Wildman–Crippen LogP) is 5.40. The zero-order valence-corrected chi connectivity index (χ0v) is 20.3. The highest BCUT2D eigenvalue weighted by atomic mass is 32.2. The lowest BCUT2D eigenvalue weighted by atomic mass is 9.78. The first kappa shape index (κ1) is 23.8. The largest absolute Gasteiger partial charge is 0.507 e. The Hall–Kier alpha value is -2.86. The number of carbonyl (C=O) groups is 1. The quantitative estimate of drug-likeness (QED) is 0.525. The number of ketones is 1. The van der Waals surface area contributed by atoms with Crippen LogP contribution in [0, 0.1) is 0 Å². The minimum Gasteiger partial charge on any atom is -0.507 e. The second kappa shape index (κ2) is 8.24. The molecule has 0 atom stereocenters. The molecule has 0 aliphatic heterocycles. The van der Waals surface area contributed by atoms with Gasteiger partial charge in [-0.25, -0.2) is 8.42 Å². The summed E-state index contributed by atoms with van der Waals surface area (Å²) in [6, 6.07) is 13.9. The van der Waals surface area contributed by atoms with Crippen LogP contribution in [0.3, 0.4) is 0 Å². The van der Waals surface area contributed by atoms with E-state index in [0.717, 1.165) is 3.97 Å². The van der Waals surface area contributed by atoms with Crippen LogP contribution < -0.4 is 0 Å². The summed E-state index contributed by atoms with van der Waals surface area (Å²) in [5.41, 5.74) is 2.02. The number of carbonyl (C=O) groups excluding carboxylic acids is 1. The average molecular weight is 454 g/mol. The summed E-state index contributed by atoms with van der Waals surface area (Å²) in [7, 11) is -3.65. The number of hydrogen-bond donors (Lipinski definition) is 1. The lowest BCUT2D eigenvalue weighted by Gasteiger charge is -2.28. The lowest BCUT2D eigenvalue weighted by Crippen LogP contribution is -2.19. The molecule has 0 aliphatic rings. The summed E-state index contributed by atoms with van der Waals surface area (Å²) in [4.78, 5) is 13.3. The third kappa shape index (κ3) is 4.96. The summed E-state index contributed by atoms with van der Waals surface area (Å²) in [5.74, 6) is -0.239. The first-order valence-electron chi connectivity index (χ1n) is 10.6. The van der Waals surface area contributed by atoms with Crippen molar-refractivity contribution in [1.82, 2.24) is 3.97 Å². The number of hydrogen-bond acceptors (Lipinski definition) is 4. The summed E-state index contributed by atoms with van der Waals surface area (Å²) in [5, 5.41) is 10.9. The van der Waals surface area contributed by atoms with E-state index >= 15 is 0 Å². The standard InChI is InChI=1S/C26H31NO4S/c1-25(2,3)21-14-20(15-22(24(21)29)26(4,5)6)23(28)19-12-13-27(16-19)32(30,31)17-18-10-8-7-9-11-18/h7-16,29H,17H2,1-6H3. The SMILES string of the molecule is CC(C)(C)c1cc(C(=O)c2ccn(S(=O)(=O)Cc3ccccc3)c2)cc(C(C)(C)C)c1O. The van der Waals surface area contributed by atoms with E-state index in [1.54, 1.807) is 36.4 Å². The van der Waals surface area contributed by atoms with Crippen LogP contribution in [0.1, 0.15) is 74.2 Å². The molecule has 0 bridgehead atoms. The first-order chi connectivity index (χ1) is 14.7. The number of benzene rings is 2. The number of phenols is 1. The van der Waals surface area contributed by atoms with Crippen molar-refractivity contribution in [2.45, 2.75) is 58.1 Å². The second-order valence-electron chi connectivity index (χ2n) is 10.2. The van der Waals surface area contributed by atoms with Crippen LogP contribution in [0.25, 0.3) is 0 Å². The number of rotatable bonds is 5. The number of nitrogens with zero attached hydrogens (tertiary/aromatic N) is 1. The van der Waals surface area contributed by atoms with Gasteiger partial charge in [0.05, 0.1) is 5.75 Å². The molecule has 0 radical (unpaired) electrons. The maximum Gasteiger partial charge on any atom is 0.242 e. The molecule has 0 spiro atoms. The number of phenolic OH excluding ortho intramolecular Hbond substituents is 1. The molecule has 1 N–H and O–H groups in total. The molecule has 0 amide bonds. The molecule has 170 valence electrons. The molecule has 1 heterocycles. The van der Waals surface area contributed by atoms with Gasteiger partial charge in [-0.05, 0) is 34.6 Å². The second-order valence-corrected chi connectivity index (χ2v) is 12.1. The normalized spacial score (nSPS) is 12.7. The van der Waals surface area contributed by atoms with E-state index in [1.165, 1.54) is 18.5 Å². The van der Waals surface area contributed by atoms with Gasteiger partial charge in [-0.2, -0.15) is 0 Å². The van der Waals surface area contributed by atoms with E-state index in [9.17, 15) is 18.3 Å². The van der Waals surface area contributed by atoms with Crippen LogP contribution in [-0.2, 0) is 26.6 Å². The van der Waals surface area contributed by atoms with E-state index < -0.39 is 10.0 Å². The molecule has 0 aliphatic carbocycles. The van der Waals surface area contributed by atoms with Crippen molar-refractivity contribution in [3.05, 3.63) is 88.7 Å². The topological polar surface area (TPSA) is 76.4 Å². The van der Waals surface area contributed by atoms with E-state index in [-0.39, 0.29) is 33.7 Å². The minimum atomic E-state index is -3.65. The molecule has 3 aromatic rings. The van der Waals surface area contributed by atoms with Gasteiger partial charge in [0.25, 0.3) is 0 Å². The molecule has 5 nitrogen and oxygen atoms in total. The zero-order chi connectivity index (χ0) is 23.9. The van der Waals surface area contributed by atoms with Crippen LogP contribution in [0.4, 0.5) is 0 Å². The zero-order valence-electron chi connectivity index (χ0n) is 19.5. The van der Waals surface area contributed by atoms with Crippen molar-refractivity contribution in [1.29, 1.82) is 0 Å². The minimum absolute atomic E-state index is 0.155. The smallest absolute Gasteiger partial charge is 0.242 e. The lowest BCUT2D eigenvalue weighted by molar-refractivity contribution is 0.103. The van der Waals surface area contributed by atoms with Gasteiger partial charge in [0.2, 0.25) is 10.0 Å². The predicted molar refractivity (Wildman–Crippen MR) is 128 cm³/mol. The van der Waals surface area contributed by atoms with Gasteiger partial charge in [-0.3, -0.25) is 8.77 Å². The maximum absolute atomic E-state index is 13.3. The van der Waals surface area contributed by atoms with E-state index in [2.05, 4.69) is 0 Å². The fourth-order valence-electron chi connectivity index (χ4n) is 3.62. The molecular formula is C26H31NO4S. The van der Waals surface area contributed by atoms with Crippen LogP contribution in [0.2, 0.25) is 0 Å². The van der Waals surface area contributed by atoms with E-state index in [4.69, 9.17) is 0 Å². The van der Waals surface area contributed by atoms with Gasteiger partial charge >= 0.3 is 0 Å². The van der Waals surface area contributed by atoms with E-state index in [0.29, 0.717) is 22.3 Å². The summed E-state index contributed by atoms with van der Waals surface area (Å²) >= 11 is 0. The Balaban J connectivity index is 2.01. The summed E-state index contributed by atoms with van der Waals surface area (Å²) < 4.78 is 26.7. The molecule has 1 aromatic heterocycles. The van der Waals surface area contributed by atoms with Crippen molar-refractivity contribution in [2.75, 3.05) is 0 Å². The van der Waals surface area contributed by atoms with Gasteiger partial charge in [0.15, 0.2) is 5.78 Å². The van der Waals surface area contributed by atoms with Crippen molar-refractivity contribution in [2.24, 2.45) is 0 Å². The van der Waals surface area contributed by atoms with Crippen molar-refractivity contribution >= 4 is 15.8 Å². The van der Waals surface area contributed by atoms with Gasteiger partial charge in [0, 0.05) is 34.6 Å². The molecule has 3 rings (SSSR count). The average Bonchev–Trinajstić information content (AvgIpc) is 3.17. The first-order valence-corrected chi connectivity index (χ1v) is 12.2. The molecule has 0 fully saturated rings. The van der Waals surface area contributed by atoms with Crippen LogP contribution in [0.15, 0.2) is 60.9 Å². The van der Waals surface area contributed by atoms with Crippen LogP contribution >= 0.6 is 0 Å². The molecule has 0 saturated heterocycles.